The van der Waals surface area contributed by atoms with Gasteiger partial charge in [0.1, 0.15) is 5.60 Å². The molecule has 122 valence electrons. The molecule has 1 aliphatic carbocycles. The molecule has 0 saturated heterocycles. The van der Waals surface area contributed by atoms with E-state index in [0.717, 1.165) is 0 Å². The van der Waals surface area contributed by atoms with Crippen molar-refractivity contribution in [1.29, 1.82) is 0 Å². The lowest BCUT2D eigenvalue weighted by molar-refractivity contribution is 0.0499. The lowest BCUT2D eigenvalue weighted by Gasteiger charge is -2.23. The minimum absolute atomic E-state index is 0.0446. The summed E-state index contributed by atoms with van der Waals surface area (Å²) in [7, 11) is -3.53. The number of hydrogen-bond donors (Lipinski definition) is 2. The Bertz CT molecular complexity index is 652. The minimum atomic E-state index is -3.53. The first kappa shape index (κ1) is 16.8. The number of ether oxygens (including phenoxy) is 1. The van der Waals surface area contributed by atoms with Gasteiger partial charge in [-0.3, -0.25) is 0 Å². The van der Waals surface area contributed by atoms with Crippen LogP contribution in [0.15, 0.2) is 35.2 Å². The average molecular weight is 326 g/mol. The number of alkyl carbamates (subject to hydrolysis) is 1. The maximum absolute atomic E-state index is 12.6. The molecule has 1 amide bonds. The van der Waals surface area contributed by atoms with E-state index in [-0.39, 0.29) is 11.4 Å². The van der Waals surface area contributed by atoms with E-state index in [4.69, 9.17) is 10.5 Å². The number of nitrogens with one attached hydrogen (secondary N) is 1. The molecule has 0 aromatic heterocycles. The summed E-state index contributed by atoms with van der Waals surface area (Å²) in [5, 5.41) is 1.91. The molecule has 0 heterocycles. The molecule has 0 spiro atoms. The highest BCUT2D eigenvalue weighted by molar-refractivity contribution is 7.92. The van der Waals surface area contributed by atoms with Crippen molar-refractivity contribution in [1.82, 2.24) is 5.32 Å². The van der Waals surface area contributed by atoms with Gasteiger partial charge in [0.05, 0.1) is 15.7 Å². The van der Waals surface area contributed by atoms with Gasteiger partial charge in [-0.05, 0) is 39.3 Å². The van der Waals surface area contributed by atoms with Gasteiger partial charge in [0.2, 0.25) is 0 Å². The molecule has 0 radical (unpaired) electrons. The second-order valence-electron chi connectivity index (χ2n) is 6.54. The third-order valence-electron chi connectivity index (χ3n) is 3.57. The number of hydrogen-bond acceptors (Lipinski definition) is 5. The Morgan fingerprint density at radius 3 is 2.45 bits per heavy atom. The molecular formula is C15H22N2O4S. The number of carbonyl (C=O) groups is 1. The summed E-state index contributed by atoms with van der Waals surface area (Å²) in [6.45, 7) is 5.27. The Labute approximate surface area is 131 Å². The van der Waals surface area contributed by atoms with Crippen LogP contribution in [0, 0.1) is 0 Å². The fourth-order valence-corrected chi connectivity index (χ4v) is 4.49. The standard InChI is InChI=1S/C15H22N2O4S/c1-14(2,3)21-13(18)17-15(10-16)9-12(15)22(19,20)11-7-5-4-6-8-11/h4-8,12H,9-10,16H2,1-3H3,(H,17,18)/t12-,15+/m0/s1. The van der Waals surface area contributed by atoms with Crippen molar-refractivity contribution in [2.75, 3.05) is 6.54 Å². The van der Waals surface area contributed by atoms with Crippen LogP contribution in [0.5, 0.6) is 0 Å². The third-order valence-corrected chi connectivity index (χ3v) is 5.86. The maximum atomic E-state index is 12.6. The summed E-state index contributed by atoms with van der Waals surface area (Å²) in [6.07, 6.45) is -0.358. The van der Waals surface area contributed by atoms with E-state index in [1.54, 1.807) is 51.1 Å². The molecule has 0 unspecified atom stereocenters. The van der Waals surface area contributed by atoms with Crippen molar-refractivity contribution >= 4 is 15.9 Å². The van der Waals surface area contributed by atoms with E-state index in [0.29, 0.717) is 6.42 Å². The molecule has 1 aromatic rings. The molecular weight excluding hydrogens is 304 g/mol. The Kier molecular flexibility index (Phi) is 4.23. The highest BCUT2D eigenvalue weighted by Crippen LogP contribution is 2.44. The van der Waals surface area contributed by atoms with Crippen molar-refractivity contribution in [2.24, 2.45) is 5.73 Å². The molecule has 2 atom stereocenters. The zero-order valence-electron chi connectivity index (χ0n) is 13.0. The van der Waals surface area contributed by atoms with E-state index in [2.05, 4.69) is 5.32 Å². The minimum Gasteiger partial charge on any atom is -0.444 e. The number of nitrogens with two attached hydrogens (primary N) is 1. The van der Waals surface area contributed by atoms with Gasteiger partial charge in [-0.25, -0.2) is 13.2 Å². The van der Waals surface area contributed by atoms with Gasteiger partial charge < -0.3 is 15.8 Å². The molecule has 1 saturated carbocycles. The van der Waals surface area contributed by atoms with Gasteiger partial charge in [0.15, 0.2) is 9.84 Å². The van der Waals surface area contributed by atoms with Crippen LogP contribution in [0.2, 0.25) is 0 Å². The summed E-state index contributed by atoms with van der Waals surface area (Å²) in [5.41, 5.74) is 4.11. The third kappa shape index (κ3) is 3.41. The number of sulfone groups is 1. The monoisotopic (exact) mass is 326 g/mol. The van der Waals surface area contributed by atoms with Crippen LogP contribution in [-0.4, -0.2) is 37.4 Å². The first-order valence-electron chi connectivity index (χ1n) is 7.11. The number of rotatable bonds is 4. The highest BCUT2D eigenvalue weighted by atomic mass is 32.2. The normalized spacial score (nSPS) is 24.6. The Hall–Kier alpha value is -1.60. The summed E-state index contributed by atoms with van der Waals surface area (Å²) in [5.74, 6) is 0. The molecule has 0 aliphatic heterocycles. The lowest BCUT2D eigenvalue weighted by atomic mass is 10.2. The Balaban J connectivity index is 2.14. The topological polar surface area (TPSA) is 98.5 Å². The summed E-state index contributed by atoms with van der Waals surface area (Å²) in [6, 6.07) is 8.17. The smallest absolute Gasteiger partial charge is 0.408 e. The molecule has 1 aliphatic rings. The molecule has 1 fully saturated rings. The predicted molar refractivity (Wildman–Crippen MR) is 83.2 cm³/mol. The van der Waals surface area contributed by atoms with Crippen LogP contribution >= 0.6 is 0 Å². The molecule has 2 rings (SSSR count). The van der Waals surface area contributed by atoms with Crippen LogP contribution in [0.25, 0.3) is 0 Å². The molecule has 1 aromatic carbocycles. The van der Waals surface area contributed by atoms with Gasteiger partial charge in [0, 0.05) is 6.54 Å². The van der Waals surface area contributed by atoms with Crippen LogP contribution in [0.3, 0.4) is 0 Å². The van der Waals surface area contributed by atoms with Gasteiger partial charge in [0.25, 0.3) is 0 Å². The highest BCUT2D eigenvalue weighted by Gasteiger charge is 2.62. The van der Waals surface area contributed by atoms with E-state index >= 15 is 0 Å². The fraction of sp³-hybridized carbons (Fsp3) is 0.533. The van der Waals surface area contributed by atoms with E-state index in [1.165, 1.54) is 0 Å². The van der Waals surface area contributed by atoms with Crippen molar-refractivity contribution in [2.45, 2.75) is 48.5 Å². The Morgan fingerprint density at radius 2 is 1.95 bits per heavy atom. The van der Waals surface area contributed by atoms with E-state index in [1.807, 2.05) is 0 Å². The first-order valence-corrected chi connectivity index (χ1v) is 8.65. The lowest BCUT2D eigenvalue weighted by Crippen LogP contribution is -2.48. The first-order chi connectivity index (χ1) is 10.1. The molecule has 22 heavy (non-hydrogen) atoms. The van der Waals surface area contributed by atoms with E-state index < -0.39 is 32.3 Å². The summed E-state index contributed by atoms with van der Waals surface area (Å²) >= 11 is 0. The van der Waals surface area contributed by atoms with Gasteiger partial charge in [-0.2, -0.15) is 0 Å². The van der Waals surface area contributed by atoms with Crippen LogP contribution in [-0.2, 0) is 14.6 Å². The average Bonchev–Trinajstić information content (AvgIpc) is 3.13. The predicted octanol–water partition coefficient (Wildman–Crippen LogP) is 1.45. The van der Waals surface area contributed by atoms with Crippen LogP contribution < -0.4 is 11.1 Å². The summed E-state index contributed by atoms with van der Waals surface area (Å²) < 4.78 is 30.4. The zero-order valence-corrected chi connectivity index (χ0v) is 13.8. The SMILES string of the molecule is CC(C)(C)OC(=O)N[C@@]1(CN)C[C@@H]1S(=O)(=O)c1ccccc1. The van der Waals surface area contributed by atoms with Crippen molar-refractivity contribution < 1.29 is 17.9 Å². The zero-order chi connectivity index (χ0) is 16.6. The van der Waals surface area contributed by atoms with Gasteiger partial charge >= 0.3 is 6.09 Å². The molecule has 0 bridgehead atoms. The fourth-order valence-electron chi connectivity index (χ4n) is 2.36. The van der Waals surface area contributed by atoms with Crippen molar-refractivity contribution in [3.05, 3.63) is 30.3 Å². The number of carbonyl (C=O) groups excluding carboxylic acids is 1. The van der Waals surface area contributed by atoms with Crippen LogP contribution in [0.4, 0.5) is 4.79 Å². The quantitative estimate of drug-likeness (QED) is 0.872. The molecule has 7 heteroatoms. The second-order valence-corrected chi connectivity index (χ2v) is 8.67. The molecule has 6 nitrogen and oxygen atoms in total. The van der Waals surface area contributed by atoms with Crippen molar-refractivity contribution in [3.63, 3.8) is 0 Å². The maximum Gasteiger partial charge on any atom is 0.408 e. The van der Waals surface area contributed by atoms with E-state index in [9.17, 15) is 13.2 Å². The van der Waals surface area contributed by atoms with Crippen LogP contribution in [0.1, 0.15) is 27.2 Å². The Morgan fingerprint density at radius 1 is 1.36 bits per heavy atom. The van der Waals surface area contributed by atoms with Crippen molar-refractivity contribution in [3.8, 4) is 0 Å². The number of benzene rings is 1. The van der Waals surface area contributed by atoms with Gasteiger partial charge in [-0.1, -0.05) is 18.2 Å². The summed E-state index contributed by atoms with van der Waals surface area (Å²) in [4.78, 5) is 12.1. The van der Waals surface area contributed by atoms with Gasteiger partial charge in [-0.15, -0.1) is 0 Å². The molecule has 3 N–H and O–H groups in total. The second kappa shape index (κ2) is 5.55. The number of amides is 1. The largest absolute Gasteiger partial charge is 0.444 e.